The number of fused-ring (bicyclic) bond motifs is 4. The van der Waals surface area contributed by atoms with Crippen molar-refractivity contribution in [1.29, 1.82) is 0 Å². The molecule has 1 aliphatic rings. The number of nitrogens with zero attached hydrogens (tertiary/aromatic N) is 1. The Labute approximate surface area is 168 Å². The monoisotopic (exact) mass is 461 g/mol. The molecule has 0 heterocycles. The normalized spacial score (nSPS) is 12.2. The van der Waals surface area contributed by atoms with Crippen molar-refractivity contribution in [2.45, 2.75) is 0 Å². The molecule has 0 atom stereocenters. The maximum absolute atomic E-state index is 5.13. The molecule has 0 saturated carbocycles. The third-order valence-corrected chi connectivity index (χ3v) is 5.75. The third kappa shape index (κ3) is 2.54. The van der Waals surface area contributed by atoms with Crippen LogP contribution < -0.4 is 0 Å². The summed E-state index contributed by atoms with van der Waals surface area (Å²) in [4.78, 5) is 5.13. The fraction of sp³-hybridized carbons (Fsp3) is 0. The van der Waals surface area contributed by atoms with Crippen LogP contribution in [0, 0.1) is 0 Å². The van der Waals surface area contributed by atoms with Gasteiger partial charge in [-0.25, -0.2) is 4.99 Å². The lowest BCUT2D eigenvalue weighted by Crippen LogP contribution is -1.98. The maximum Gasteiger partial charge on any atom is 0.0795 e. The first-order valence-corrected chi connectivity index (χ1v) is 9.96. The number of halogens is 2. The van der Waals surface area contributed by atoms with Gasteiger partial charge in [0.2, 0.25) is 0 Å². The van der Waals surface area contributed by atoms with Gasteiger partial charge in [-0.2, -0.15) is 0 Å². The minimum Gasteiger partial charge on any atom is -0.247 e. The summed E-state index contributed by atoms with van der Waals surface area (Å²) >= 11 is 7.23. The molecule has 0 unspecified atom stereocenters. The minimum absolute atomic E-state index is 0.997. The number of aliphatic imine (C=N–C) groups is 1. The lowest BCUT2D eigenvalue weighted by Gasteiger charge is -2.06. The van der Waals surface area contributed by atoms with E-state index < -0.39 is 0 Å². The molecular weight excluding hydrogens is 450 g/mol. The highest BCUT2D eigenvalue weighted by atomic mass is 79.9. The summed E-state index contributed by atoms with van der Waals surface area (Å²) in [5, 5.41) is 2.37. The largest absolute Gasteiger partial charge is 0.247 e. The van der Waals surface area contributed by atoms with Crippen LogP contribution in [0.2, 0.25) is 0 Å². The van der Waals surface area contributed by atoms with Crippen LogP contribution in [0.4, 0.5) is 5.69 Å². The molecule has 4 aromatic carbocycles. The topological polar surface area (TPSA) is 12.4 Å². The Bertz CT molecular complexity index is 1150. The highest BCUT2D eigenvalue weighted by molar-refractivity contribution is 9.10. The quantitative estimate of drug-likeness (QED) is 0.244. The summed E-state index contributed by atoms with van der Waals surface area (Å²) in [7, 11) is 0. The number of hydrogen-bond acceptors (Lipinski definition) is 1. The van der Waals surface area contributed by atoms with E-state index in [-0.39, 0.29) is 0 Å². The average Bonchev–Trinajstić information content (AvgIpc) is 2.94. The van der Waals surface area contributed by atoms with Gasteiger partial charge in [-0.1, -0.05) is 80.4 Å². The first-order chi connectivity index (χ1) is 12.7. The summed E-state index contributed by atoms with van der Waals surface area (Å²) in [6, 6.07) is 27.5. The van der Waals surface area contributed by atoms with Crippen LogP contribution in [0.3, 0.4) is 0 Å². The Morgan fingerprint density at radius 2 is 1.19 bits per heavy atom. The second-order valence-corrected chi connectivity index (χ2v) is 8.17. The molecule has 0 aromatic heterocycles. The van der Waals surface area contributed by atoms with Crippen molar-refractivity contribution in [1.82, 2.24) is 0 Å². The molecule has 0 amide bonds. The zero-order chi connectivity index (χ0) is 17.7. The van der Waals surface area contributed by atoms with Crippen molar-refractivity contribution in [2.75, 3.05) is 0 Å². The number of benzene rings is 4. The van der Waals surface area contributed by atoms with Crippen LogP contribution in [-0.2, 0) is 0 Å². The molecule has 0 N–H and O–H groups in total. The Balaban J connectivity index is 1.82. The van der Waals surface area contributed by atoms with E-state index in [1.165, 1.54) is 33.0 Å². The van der Waals surface area contributed by atoms with E-state index in [0.29, 0.717) is 0 Å². The van der Waals surface area contributed by atoms with E-state index in [1.807, 2.05) is 0 Å². The SMILES string of the molecule is Brc1ccc2c(c1)C(=Nc1cccc3ccccc13)c1cc(Br)ccc1-2. The van der Waals surface area contributed by atoms with Gasteiger partial charge in [-0.3, -0.25) is 0 Å². The van der Waals surface area contributed by atoms with Crippen molar-refractivity contribution in [2.24, 2.45) is 4.99 Å². The lowest BCUT2D eigenvalue weighted by atomic mass is 10.1. The van der Waals surface area contributed by atoms with Crippen LogP contribution in [-0.4, -0.2) is 5.71 Å². The van der Waals surface area contributed by atoms with Gasteiger partial charge < -0.3 is 0 Å². The predicted octanol–water partition coefficient (Wildman–Crippen LogP) is 7.51. The van der Waals surface area contributed by atoms with Crippen molar-refractivity contribution in [3.05, 3.63) is 98.9 Å². The van der Waals surface area contributed by atoms with E-state index in [2.05, 4.69) is 111 Å². The second-order valence-electron chi connectivity index (χ2n) is 6.34. The van der Waals surface area contributed by atoms with Gasteiger partial charge in [0.25, 0.3) is 0 Å². The van der Waals surface area contributed by atoms with Crippen LogP contribution in [0.15, 0.2) is 92.8 Å². The van der Waals surface area contributed by atoms with Gasteiger partial charge in [-0.15, -0.1) is 0 Å². The zero-order valence-corrected chi connectivity index (χ0v) is 16.9. The van der Waals surface area contributed by atoms with E-state index >= 15 is 0 Å². The highest BCUT2D eigenvalue weighted by Crippen LogP contribution is 2.41. The molecule has 0 spiro atoms. The number of hydrogen-bond donors (Lipinski definition) is 0. The van der Waals surface area contributed by atoms with E-state index in [4.69, 9.17) is 4.99 Å². The van der Waals surface area contributed by atoms with Gasteiger partial charge in [0.15, 0.2) is 0 Å². The summed E-state index contributed by atoms with van der Waals surface area (Å²) in [6.45, 7) is 0. The number of rotatable bonds is 1. The van der Waals surface area contributed by atoms with Crippen LogP contribution >= 0.6 is 31.9 Å². The lowest BCUT2D eigenvalue weighted by molar-refractivity contribution is 1.53. The van der Waals surface area contributed by atoms with E-state index in [0.717, 1.165) is 20.3 Å². The molecule has 1 aliphatic carbocycles. The van der Waals surface area contributed by atoms with Crippen LogP contribution in [0.25, 0.3) is 21.9 Å². The molecule has 0 radical (unpaired) electrons. The van der Waals surface area contributed by atoms with Crippen LogP contribution in [0.1, 0.15) is 11.1 Å². The first-order valence-electron chi connectivity index (χ1n) is 8.37. The molecular formula is C23H13Br2N. The summed E-state index contributed by atoms with van der Waals surface area (Å²) in [6.07, 6.45) is 0. The standard InChI is InChI=1S/C23H13Br2N/c24-15-8-10-18-19-11-9-16(25)13-21(19)23(20(18)12-15)26-22-7-3-5-14-4-1-2-6-17(14)22/h1-13H. The molecule has 4 aromatic rings. The van der Waals surface area contributed by atoms with E-state index in [9.17, 15) is 0 Å². The summed E-state index contributed by atoms with van der Waals surface area (Å²) in [5.74, 6) is 0. The van der Waals surface area contributed by atoms with Gasteiger partial charge in [0, 0.05) is 25.5 Å². The maximum atomic E-state index is 5.13. The Hall–Kier alpha value is -2.23. The summed E-state index contributed by atoms with van der Waals surface area (Å²) < 4.78 is 2.13. The Kier molecular flexibility index (Phi) is 3.80. The molecule has 124 valence electrons. The highest BCUT2D eigenvalue weighted by Gasteiger charge is 2.25. The van der Waals surface area contributed by atoms with Gasteiger partial charge in [-0.05, 0) is 46.8 Å². The molecule has 0 bridgehead atoms. The predicted molar refractivity (Wildman–Crippen MR) is 117 cm³/mol. The molecule has 0 fully saturated rings. The first kappa shape index (κ1) is 16.0. The van der Waals surface area contributed by atoms with E-state index in [1.54, 1.807) is 0 Å². The van der Waals surface area contributed by atoms with Gasteiger partial charge >= 0.3 is 0 Å². The zero-order valence-electron chi connectivity index (χ0n) is 13.7. The van der Waals surface area contributed by atoms with Crippen molar-refractivity contribution in [3.63, 3.8) is 0 Å². The fourth-order valence-electron chi connectivity index (χ4n) is 3.59. The fourth-order valence-corrected chi connectivity index (χ4v) is 4.31. The van der Waals surface area contributed by atoms with Gasteiger partial charge in [0.1, 0.15) is 0 Å². The second kappa shape index (κ2) is 6.19. The van der Waals surface area contributed by atoms with Gasteiger partial charge in [0.05, 0.1) is 11.4 Å². The molecule has 5 rings (SSSR count). The average molecular weight is 463 g/mol. The molecule has 1 nitrogen and oxygen atoms in total. The smallest absolute Gasteiger partial charge is 0.0795 e. The van der Waals surface area contributed by atoms with Crippen molar-refractivity contribution in [3.8, 4) is 11.1 Å². The Morgan fingerprint density at radius 1 is 0.577 bits per heavy atom. The third-order valence-electron chi connectivity index (χ3n) is 4.76. The molecule has 3 heteroatoms. The molecule has 26 heavy (non-hydrogen) atoms. The summed E-state index contributed by atoms with van der Waals surface area (Å²) in [5.41, 5.74) is 6.82. The molecule has 0 saturated heterocycles. The van der Waals surface area contributed by atoms with Crippen LogP contribution in [0.5, 0.6) is 0 Å². The minimum atomic E-state index is 0.997. The Morgan fingerprint density at radius 3 is 1.88 bits per heavy atom. The molecule has 0 aliphatic heterocycles. The van der Waals surface area contributed by atoms with Crippen molar-refractivity contribution < 1.29 is 0 Å². The van der Waals surface area contributed by atoms with Crippen molar-refractivity contribution >= 4 is 54.0 Å².